The Kier molecular flexibility index (Phi) is 4.42. The third-order valence-electron chi connectivity index (χ3n) is 4.09. The molecule has 1 aromatic heterocycles. The molecular weight excluding hydrogens is 240 g/mol. The summed E-state index contributed by atoms with van der Waals surface area (Å²) in [4.78, 5) is 4.07. The van der Waals surface area contributed by atoms with Crippen molar-refractivity contribution < 1.29 is 9.84 Å². The monoisotopic (exact) mass is 264 g/mol. The van der Waals surface area contributed by atoms with Crippen molar-refractivity contribution in [2.24, 2.45) is 5.92 Å². The first-order chi connectivity index (χ1) is 9.09. The predicted molar refractivity (Wildman–Crippen MR) is 75.6 cm³/mol. The number of aromatic nitrogens is 1. The number of nitrogens with two attached hydrogens (primary N) is 1. The molecule has 0 spiro atoms. The molecule has 4 heteroatoms. The largest absolute Gasteiger partial charge is 0.385 e. The van der Waals surface area contributed by atoms with E-state index in [1.54, 1.807) is 12.3 Å². The van der Waals surface area contributed by atoms with Crippen LogP contribution in [0.5, 0.6) is 0 Å². The molecule has 1 saturated carbocycles. The van der Waals surface area contributed by atoms with Crippen LogP contribution in [0, 0.1) is 5.92 Å². The average molecular weight is 264 g/mol. The maximum Gasteiger partial charge on any atom is 0.129 e. The summed E-state index contributed by atoms with van der Waals surface area (Å²) in [6.07, 6.45) is 4.96. The summed E-state index contributed by atoms with van der Waals surface area (Å²) in [6.45, 7) is 4.79. The molecule has 0 saturated heterocycles. The summed E-state index contributed by atoms with van der Waals surface area (Å²) >= 11 is 0. The molecule has 1 heterocycles. The summed E-state index contributed by atoms with van der Waals surface area (Å²) in [5.41, 5.74) is 6.07. The van der Waals surface area contributed by atoms with Gasteiger partial charge in [-0.2, -0.15) is 0 Å². The third-order valence-corrected chi connectivity index (χ3v) is 4.09. The van der Waals surface area contributed by atoms with Crippen LogP contribution in [0.4, 0.5) is 5.82 Å². The smallest absolute Gasteiger partial charge is 0.129 e. The van der Waals surface area contributed by atoms with Gasteiger partial charge in [-0.25, -0.2) is 4.98 Å². The van der Waals surface area contributed by atoms with Crippen LogP contribution in [-0.2, 0) is 4.74 Å². The molecule has 0 amide bonds. The highest BCUT2D eigenvalue weighted by Gasteiger charge is 2.43. The van der Waals surface area contributed by atoms with Crippen molar-refractivity contribution >= 4 is 5.82 Å². The lowest BCUT2D eigenvalue weighted by Crippen LogP contribution is -2.43. The fraction of sp³-hybridized carbons (Fsp3) is 0.667. The number of pyridine rings is 1. The Bertz CT molecular complexity index is 420. The molecule has 0 aliphatic heterocycles. The molecule has 0 bridgehead atoms. The first-order valence-electron chi connectivity index (χ1n) is 7.11. The SMILES string of the molecule is CCOC1(C(O)c2cccnc2N)CCCC(C)C1. The van der Waals surface area contributed by atoms with Crippen molar-refractivity contribution in [1.82, 2.24) is 4.98 Å². The number of aliphatic hydroxyl groups is 1. The number of rotatable bonds is 4. The Morgan fingerprint density at radius 1 is 1.63 bits per heavy atom. The van der Waals surface area contributed by atoms with Crippen LogP contribution in [0.15, 0.2) is 18.3 Å². The van der Waals surface area contributed by atoms with Crippen molar-refractivity contribution in [3.05, 3.63) is 23.9 Å². The fourth-order valence-corrected chi connectivity index (χ4v) is 3.23. The molecule has 2 rings (SSSR count). The molecule has 3 N–H and O–H groups in total. The van der Waals surface area contributed by atoms with E-state index in [2.05, 4.69) is 11.9 Å². The molecule has 3 unspecified atom stereocenters. The molecular formula is C15H24N2O2. The van der Waals surface area contributed by atoms with E-state index < -0.39 is 11.7 Å². The van der Waals surface area contributed by atoms with Gasteiger partial charge >= 0.3 is 0 Å². The Balaban J connectivity index is 2.30. The minimum atomic E-state index is -0.705. The van der Waals surface area contributed by atoms with Crippen LogP contribution in [0.25, 0.3) is 0 Å². The molecule has 1 fully saturated rings. The van der Waals surface area contributed by atoms with Gasteiger partial charge in [0.2, 0.25) is 0 Å². The summed E-state index contributed by atoms with van der Waals surface area (Å²) in [5, 5.41) is 10.8. The summed E-state index contributed by atoms with van der Waals surface area (Å²) in [7, 11) is 0. The van der Waals surface area contributed by atoms with E-state index in [4.69, 9.17) is 10.5 Å². The van der Waals surface area contributed by atoms with Gasteiger partial charge in [-0.3, -0.25) is 0 Å². The van der Waals surface area contributed by atoms with E-state index in [1.165, 1.54) is 6.42 Å². The number of nitrogens with zero attached hydrogens (tertiary/aromatic N) is 1. The summed E-state index contributed by atoms with van der Waals surface area (Å²) < 4.78 is 5.98. The van der Waals surface area contributed by atoms with Crippen molar-refractivity contribution in [1.29, 1.82) is 0 Å². The van der Waals surface area contributed by atoms with E-state index in [-0.39, 0.29) is 0 Å². The van der Waals surface area contributed by atoms with E-state index in [0.29, 0.717) is 23.9 Å². The zero-order chi connectivity index (χ0) is 13.9. The van der Waals surface area contributed by atoms with Crippen LogP contribution >= 0.6 is 0 Å². The second-order valence-electron chi connectivity index (χ2n) is 5.58. The second kappa shape index (κ2) is 5.88. The maximum atomic E-state index is 10.8. The van der Waals surface area contributed by atoms with E-state index in [1.807, 2.05) is 13.0 Å². The zero-order valence-electron chi connectivity index (χ0n) is 11.8. The molecule has 3 atom stereocenters. The number of hydrogen-bond acceptors (Lipinski definition) is 4. The first-order valence-corrected chi connectivity index (χ1v) is 7.11. The van der Waals surface area contributed by atoms with Gasteiger partial charge in [0, 0.05) is 18.4 Å². The van der Waals surface area contributed by atoms with E-state index >= 15 is 0 Å². The van der Waals surface area contributed by atoms with Crippen molar-refractivity contribution in [3.8, 4) is 0 Å². The van der Waals surface area contributed by atoms with Gasteiger partial charge in [0.25, 0.3) is 0 Å². The minimum absolute atomic E-state index is 0.396. The van der Waals surface area contributed by atoms with Crippen LogP contribution in [0.1, 0.15) is 51.2 Å². The molecule has 1 aromatic rings. The van der Waals surface area contributed by atoms with Gasteiger partial charge in [0.1, 0.15) is 11.9 Å². The number of aliphatic hydroxyl groups excluding tert-OH is 1. The molecule has 1 aliphatic rings. The first kappa shape index (κ1) is 14.3. The van der Waals surface area contributed by atoms with E-state index in [9.17, 15) is 5.11 Å². The Labute approximate surface area is 115 Å². The van der Waals surface area contributed by atoms with Gasteiger partial charge in [-0.05, 0) is 31.7 Å². The van der Waals surface area contributed by atoms with Gasteiger partial charge in [0.05, 0.1) is 5.60 Å². The minimum Gasteiger partial charge on any atom is -0.385 e. The predicted octanol–water partition coefficient (Wildman–Crippen LogP) is 2.68. The van der Waals surface area contributed by atoms with E-state index in [0.717, 1.165) is 19.3 Å². The highest BCUT2D eigenvalue weighted by molar-refractivity contribution is 5.41. The molecule has 19 heavy (non-hydrogen) atoms. The number of hydrogen-bond donors (Lipinski definition) is 2. The lowest BCUT2D eigenvalue weighted by atomic mass is 9.74. The maximum absolute atomic E-state index is 10.8. The van der Waals surface area contributed by atoms with Crippen molar-refractivity contribution in [2.45, 2.75) is 51.2 Å². The van der Waals surface area contributed by atoms with Gasteiger partial charge in [-0.15, -0.1) is 0 Å². The van der Waals surface area contributed by atoms with Crippen LogP contribution in [-0.4, -0.2) is 22.3 Å². The standard InChI is InChI=1S/C15H24N2O2/c1-3-19-15(8-4-6-11(2)10-15)13(18)12-7-5-9-17-14(12)16/h5,7,9,11,13,18H,3-4,6,8,10H2,1-2H3,(H2,16,17). The molecule has 0 aromatic carbocycles. The lowest BCUT2D eigenvalue weighted by Gasteiger charge is -2.43. The number of nitrogen functional groups attached to an aromatic ring is 1. The molecule has 106 valence electrons. The normalized spacial score (nSPS) is 29.1. The molecule has 1 aliphatic carbocycles. The third kappa shape index (κ3) is 2.90. The van der Waals surface area contributed by atoms with Crippen molar-refractivity contribution in [3.63, 3.8) is 0 Å². The average Bonchev–Trinajstić information content (AvgIpc) is 2.39. The number of ether oxygens (including phenoxy) is 1. The van der Waals surface area contributed by atoms with Crippen LogP contribution in [0.2, 0.25) is 0 Å². The fourth-order valence-electron chi connectivity index (χ4n) is 3.23. The Morgan fingerprint density at radius 2 is 2.42 bits per heavy atom. The quantitative estimate of drug-likeness (QED) is 0.877. The highest BCUT2D eigenvalue weighted by Crippen LogP contribution is 2.44. The topological polar surface area (TPSA) is 68.4 Å². The van der Waals surface area contributed by atoms with Crippen molar-refractivity contribution in [2.75, 3.05) is 12.3 Å². The summed E-state index contributed by atoms with van der Waals surface area (Å²) in [5.74, 6) is 0.958. The molecule has 0 radical (unpaired) electrons. The van der Waals surface area contributed by atoms with Gasteiger partial charge in [0.15, 0.2) is 0 Å². The molecule has 4 nitrogen and oxygen atoms in total. The summed E-state index contributed by atoms with van der Waals surface area (Å²) in [6, 6.07) is 3.65. The second-order valence-corrected chi connectivity index (χ2v) is 5.58. The van der Waals surface area contributed by atoms with Gasteiger partial charge < -0.3 is 15.6 Å². The van der Waals surface area contributed by atoms with Crippen LogP contribution in [0.3, 0.4) is 0 Å². The van der Waals surface area contributed by atoms with Gasteiger partial charge in [-0.1, -0.05) is 25.8 Å². The lowest BCUT2D eigenvalue weighted by molar-refractivity contribution is -0.149. The Morgan fingerprint density at radius 3 is 3.05 bits per heavy atom. The number of anilines is 1. The van der Waals surface area contributed by atoms with Crippen LogP contribution < -0.4 is 5.73 Å². The Hall–Kier alpha value is -1.13. The zero-order valence-corrected chi connectivity index (χ0v) is 11.8. The highest BCUT2D eigenvalue weighted by atomic mass is 16.5.